The van der Waals surface area contributed by atoms with Gasteiger partial charge in [0.15, 0.2) is 6.10 Å². The molecule has 9 nitrogen and oxygen atoms in total. The summed E-state index contributed by atoms with van der Waals surface area (Å²) < 4.78 is 34.5. The van der Waals surface area contributed by atoms with E-state index in [2.05, 4.69) is 26.0 Å². The molecule has 0 fully saturated rings. The lowest BCUT2D eigenvalue weighted by molar-refractivity contribution is -0.870. The molecule has 0 radical (unpaired) electrons. The molecule has 0 amide bonds. The third kappa shape index (κ3) is 48.2. The van der Waals surface area contributed by atoms with Crippen molar-refractivity contribution in [2.24, 2.45) is 0 Å². The van der Waals surface area contributed by atoms with Crippen LogP contribution in [0.3, 0.4) is 0 Å². The van der Waals surface area contributed by atoms with Crippen molar-refractivity contribution in [2.45, 2.75) is 264 Å². The van der Waals surface area contributed by atoms with Gasteiger partial charge < -0.3 is 18.9 Å². The minimum absolute atomic E-state index is 0.0351. The molecule has 0 aliphatic rings. The number of unbranched alkanes of at least 4 members (excludes halogenated alkanes) is 33. The fourth-order valence-corrected chi connectivity index (χ4v) is 8.40. The van der Waals surface area contributed by atoms with E-state index in [1.807, 2.05) is 21.1 Å². The summed E-state index contributed by atoms with van der Waals surface area (Å²) in [5.41, 5.74) is 0. The van der Waals surface area contributed by atoms with Gasteiger partial charge >= 0.3 is 19.8 Å². The molecule has 368 valence electrons. The summed E-state index contributed by atoms with van der Waals surface area (Å²) in [6.45, 7) is 4.47. The van der Waals surface area contributed by atoms with E-state index in [9.17, 15) is 19.0 Å². The smallest absolute Gasteiger partial charge is 0.462 e. The summed E-state index contributed by atoms with van der Waals surface area (Å²) in [4.78, 5) is 35.6. The number of hydrogen-bond acceptors (Lipinski definition) is 7. The average molecular weight is 901 g/mol. The Morgan fingerprint density at radius 3 is 1.19 bits per heavy atom. The third-order valence-corrected chi connectivity index (χ3v) is 12.8. The zero-order valence-electron chi connectivity index (χ0n) is 41.6. The second kappa shape index (κ2) is 44.9. The molecule has 2 atom stereocenters. The van der Waals surface area contributed by atoms with E-state index in [-0.39, 0.29) is 25.6 Å². The van der Waals surface area contributed by atoms with E-state index in [1.54, 1.807) is 0 Å². The molecule has 0 aliphatic carbocycles. The molecule has 0 bridgehead atoms. The van der Waals surface area contributed by atoms with Crippen molar-refractivity contribution in [3.8, 4) is 0 Å². The van der Waals surface area contributed by atoms with Gasteiger partial charge in [-0.3, -0.25) is 18.6 Å². The number of carbonyl (C=O) groups excluding carboxylic acids is 2. The Balaban J connectivity index is 4.20. The van der Waals surface area contributed by atoms with Crippen molar-refractivity contribution in [2.75, 3.05) is 47.5 Å². The highest BCUT2D eigenvalue weighted by molar-refractivity contribution is 7.47. The third-order valence-electron chi connectivity index (χ3n) is 11.8. The topological polar surface area (TPSA) is 108 Å². The Morgan fingerprint density at radius 1 is 0.484 bits per heavy atom. The number of phosphoric ester groups is 1. The maximum absolute atomic E-state index is 12.8. The quantitative estimate of drug-likeness (QED) is 0.0211. The van der Waals surface area contributed by atoms with Crippen molar-refractivity contribution in [1.82, 2.24) is 0 Å². The predicted octanol–water partition coefficient (Wildman–Crippen LogP) is 15.7. The van der Waals surface area contributed by atoms with Crippen LogP contribution in [-0.2, 0) is 32.7 Å². The summed E-state index contributed by atoms with van der Waals surface area (Å²) >= 11 is 0. The van der Waals surface area contributed by atoms with E-state index < -0.39 is 26.5 Å². The summed E-state index contributed by atoms with van der Waals surface area (Å²) in [5.74, 6) is -0.784. The molecule has 1 unspecified atom stereocenters. The highest BCUT2D eigenvalue weighted by Crippen LogP contribution is 2.43. The lowest BCUT2D eigenvalue weighted by Crippen LogP contribution is -2.37. The van der Waals surface area contributed by atoms with Crippen LogP contribution in [0.4, 0.5) is 0 Å². The molecule has 10 heteroatoms. The van der Waals surface area contributed by atoms with Gasteiger partial charge in [-0.1, -0.05) is 219 Å². The van der Waals surface area contributed by atoms with Crippen LogP contribution in [0.5, 0.6) is 0 Å². The number of esters is 2. The molecule has 0 aliphatic heterocycles. The zero-order valence-corrected chi connectivity index (χ0v) is 42.5. The Kier molecular flexibility index (Phi) is 44.0. The van der Waals surface area contributed by atoms with Crippen molar-refractivity contribution in [3.05, 3.63) is 12.2 Å². The van der Waals surface area contributed by atoms with E-state index in [4.69, 9.17) is 18.5 Å². The molecule has 62 heavy (non-hydrogen) atoms. The van der Waals surface area contributed by atoms with Gasteiger partial charge in [0.1, 0.15) is 19.8 Å². The molecule has 0 aromatic heterocycles. The van der Waals surface area contributed by atoms with Crippen LogP contribution in [0.2, 0.25) is 0 Å². The SMILES string of the molecule is CCCCCCCC/C=C\CCCCCCCCCCCC(=O)OC[C@H](COP(=O)(O)OCC[N+](C)(C)C)OC(=O)CCCCCCCCCCCCCCCCCCCCC. The molecule has 0 spiro atoms. The molecule has 0 saturated carbocycles. The first-order chi connectivity index (χ1) is 30.0. The van der Waals surface area contributed by atoms with Crippen LogP contribution in [0, 0.1) is 0 Å². The van der Waals surface area contributed by atoms with Crippen LogP contribution in [0.15, 0.2) is 12.2 Å². The van der Waals surface area contributed by atoms with Crippen LogP contribution in [0.1, 0.15) is 258 Å². The Labute approximate surface area is 384 Å². The maximum atomic E-state index is 12.8. The number of quaternary nitrogens is 1. The van der Waals surface area contributed by atoms with Crippen LogP contribution >= 0.6 is 7.82 Å². The summed E-state index contributed by atoms with van der Waals surface area (Å²) in [5, 5.41) is 0. The molecule has 0 rings (SSSR count). The van der Waals surface area contributed by atoms with Crippen molar-refractivity contribution in [3.63, 3.8) is 0 Å². The Morgan fingerprint density at radius 2 is 0.823 bits per heavy atom. The highest BCUT2D eigenvalue weighted by Gasteiger charge is 2.27. The number of hydrogen-bond donors (Lipinski definition) is 1. The minimum atomic E-state index is -4.38. The van der Waals surface area contributed by atoms with Gasteiger partial charge in [0.2, 0.25) is 0 Å². The minimum Gasteiger partial charge on any atom is -0.462 e. The molecule has 1 N–H and O–H groups in total. The zero-order chi connectivity index (χ0) is 45.7. The maximum Gasteiger partial charge on any atom is 0.472 e. The van der Waals surface area contributed by atoms with Crippen LogP contribution in [-0.4, -0.2) is 74.9 Å². The summed E-state index contributed by atoms with van der Waals surface area (Å²) in [6, 6.07) is 0. The average Bonchev–Trinajstić information content (AvgIpc) is 3.23. The van der Waals surface area contributed by atoms with Gasteiger partial charge in [0.05, 0.1) is 27.7 Å². The predicted molar refractivity (Wildman–Crippen MR) is 261 cm³/mol. The molecule has 0 aromatic carbocycles. The second-order valence-electron chi connectivity index (χ2n) is 19.3. The lowest BCUT2D eigenvalue weighted by Gasteiger charge is -2.24. The van der Waals surface area contributed by atoms with E-state index in [0.29, 0.717) is 23.9 Å². The first-order valence-corrected chi connectivity index (χ1v) is 27.9. The summed E-state index contributed by atoms with van der Waals surface area (Å²) in [7, 11) is 1.49. The molecular formula is C52H103NO8P+. The van der Waals surface area contributed by atoms with E-state index in [1.165, 1.54) is 193 Å². The number of carbonyl (C=O) groups is 2. The van der Waals surface area contributed by atoms with Gasteiger partial charge in [-0.05, 0) is 38.5 Å². The van der Waals surface area contributed by atoms with E-state index >= 15 is 0 Å². The standard InChI is InChI=1S/C52H102NO8P/c1-6-8-10-12-14-16-18-20-22-24-26-28-30-32-34-36-38-40-42-44-51(54)58-48-50(49-60-62(56,57)59-47-46-53(3,4)5)61-52(55)45-43-41-39-37-35-33-31-29-27-25-23-21-19-17-15-13-11-9-7-2/h20,22,50H,6-19,21,23-49H2,1-5H3/p+1/b22-20-/t50-/m1/s1. The number of ether oxygens (including phenoxy) is 2. The number of allylic oxidation sites excluding steroid dienone is 2. The highest BCUT2D eigenvalue weighted by atomic mass is 31.2. The lowest BCUT2D eigenvalue weighted by atomic mass is 10.0. The molecule has 0 saturated heterocycles. The van der Waals surface area contributed by atoms with Crippen molar-refractivity contribution < 1.29 is 42.1 Å². The molecule has 0 heterocycles. The first-order valence-electron chi connectivity index (χ1n) is 26.4. The largest absolute Gasteiger partial charge is 0.472 e. The van der Waals surface area contributed by atoms with Crippen LogP contribution in [0.25, 0.3) is 0 Å². The fourth-order valence-electron chi connectivity index (χ4n) is 7.66. The Bertz CT molecular complexity index is 1060. The van der Waals surface area contributed by atoms with Crippen molar-refractivity contribution in [1.29, 1.82) is 0 Å². The second-order valence-corrected chi connectivity index (χ2v) is 20.7. The van der Waals surface area contributed by atoms with Crippen molar-refractivity contribution >= 4 is 19.8 Å². The normalized spacial score (nSPS) is 13.5. The number of rotatable bonds is 49. The van der Waals surface area contributed by atoms with Gasteiger partial charge in [-0.2, -0.15) is 0 Å². The number of likely N-dealkylation sites (N-methyl/N-ethyl adjacent to an activating group) is 1. The van der Waals surface area contributed by atoms with Gasteiger partial charge in [-0.15, -0.1) is 0 Å². The number of nitrogens with zero attached hydrogens (tertiary/aromatic N) is 1. The van der Waals surface area contributed by atoms with Gasteiger partial charge in [0, 0.05) is 12.8 Å². The molecular weight excluding hydrogens is 798 g/mol. The van der Waals surface area contributed by atoms with Gasteiger partial charge in [-0.25, -0.2) is 4.57 Å². The molecule has 0 aromatic rings. The number of phosphoric acid groups is 1. The van der Waals surface area contributed by atoms with Crippen LogP contribution < -0.4 is 0 Å². The summed E-state index contributed by atoms with van der Waals surface area (Å²) in [6.07, 6.45) is 49.7. The fraction of sp³-hybridized carbons (Fsp3) is 0.923. The Hall–Kier alpha value is -1.25. The van der Waals surface area contributed by atoms with E-state index in [0.717, 1.165) is 32.1 Å². The monoisotopic (exact) mass is 901 g/mol. The van der Waals surface area contributed by atoms with Gasteiger partial charge in [0.25, 0.3) is 0 Å². The first kappa shape index (κ1) is 60.8.